The third-order valence-corrected chi connectivity index (χ3v) is 21.6. The van der Waals surface area contributed by atoms with Gasteiger partial charge in [0.15, 0.2) is 5.58 Å². The van der Waals surface area contributed by atoms with E-state index in [0.29, 0.717) is 0 Å². The van der Waals surface area contributed by atoms with E-state index in [-0.39, 0.29) is 39.3 Å². The van der Waals surface area contributed by atoms with Crippen LogP contribution in [0.1, 0.15) is 149 Å². The fourth-order valence-corrected chi connectivity index (χ4v) is 16.5. The maximum atomic E-state index is 7.22. The lowest BCUT2D eigenvalue weighted by molar-refractivity contribution is 0.195. The summed E-state index contributed by atoms with van der Waals surface area (Å²) in [5.41, 5.74) is 25.9. The number of rotatable bonds is 4. The molecule has 1 saturated carbocycles. The van der Waals surface area contributed by atoms with Crippen LogP contribution in [-0.2, 0) is 27.1 Å². The summed E-state index contributed by atoms with van der Waals surface area (Å²) in [6.07, 6.45) is 6.86. The van der Waals surface area contributed by atoms with Crippen molar-refractivity contribution in [3.8, 4) is 11.1 Å². The van der Waals surface area contributed by atoms with Crippen LogP contribution in [0.15, 0.2) is 179 Å². The second-order valence-corrected chi connectivity index (χ2v) is 29.5. The zero-order chi connectivity index (χ0) is 57.8. The van der Waals surface area contributed by atoms with Crippen LogP contribution in [0.5, 0.6) is 0 Å². The van der Waals surface area contributed by atoms with E-state index in [2.05, 4.69) is 268 Å². The van der Waals surface area contributed by atoms with Crippen molar-refractivity contribution >= 4 is 112 Å². The molecule has 418 valence electrons. The number of furan rings is 2. The SMILES string of the molecule is CC(C)(C)c1ccc(N2c3cc4c(cc3B3c5cc6c(cc5N(c5cccc7c5oc5ccccc57)c5cc(N7c8ccc(C(C)(C)C)cc8C8(C)CCCCC78C)cc2c53)C(C)(C)CCC6(C)C)oc2ccccc24)c(-c2ccccc2)c1. The summed E-state index contributed by atoms with van der Waals surface area (Å²) in [5.74, 6) is 0. The molecule has 0 amide bonds. The zero-order valence-electron chi connectivity index (χ0n) is 51.1. The van der Waals surface area contributed by atoms with Gasteiger partial charge in [0.05, 0.1) is 16.9 Å². The lowest BCUT2D eigenvalue weighted by Crippen LogP contribution is -2.62. The number of anilines is 8. The highest BCUT2D eigenvalue weighted by molar-refractivity contribution is 7.00. The van der Waals surface area contributed by atoms with Crippen LogP contribution in [-0.4, -0.2) is 12.3 Å². The van der Waals surface area contributed by atoms with Gasteiger partial charge in [0.1, 0.15) is 16.7 Å². The molecule has 0 radical (unpaired) electrons. The van der Waals surface area contributed by atoms with Gasteiger partial charge in [-0.25, -0.2) is 0 Å². The lowest BCUT2D eigenvalue weighted by Gasteiger charge is -2.51. The van der Waals surface area contributed by atoms with Crippen LogP contribution < -0.4 is 31.1 Å². The molecule has 5 nitrogen and oxygen atoms in total. The standard InChI is InChI=1S/C78H76BN3O2/c1-73(2,3)48-31-33-61(54(39-48)47-23-14-13-15-24-47)80-64-43-55-52-26-17-18-29-68(52)83-70(55)46-60(64)79-59-44-56-57(76(9,10)38-37-75(56,7)8)45-65(59)81(63-28-22-27-53-51-25-16-19-30-69(51)84-72(53)63)67-42-50(41-66(80)71(67)79)82-62-34-32-49(74(4,5)6)40-58(62)77(11)35-20-21-36-78(77,82)12/h13-19,22-34,39-46H,20-21,35-38H2,1-12H3. The molecule has 0 bridgehead atoms. The van der Waals surface area contributed by atoms with Gasteiger partial charge in [-0.15, -0.1) is 0 Å². The maximum absolute atomic E-state index is 7.22. The Morgan fingerprint density at radius 1 is 0.417 bits per heavy atom. The molecule has 0 saturated heterocycles. The topological polar surface area (TPSA) is 36.0 Å². The number of benzene rings is 9. The van der Waals surface area contributed by atoms with Gasteiger partial charge in [-0.05, 0) is 171 Å². The van der Waals surface area contributed by atoms with E-state index in [4.69, 9.17) is 8.83 Å². The third kappa shape index (κ3) is 7.15. The second-order valence-electron chi connectivity index (χ2n) is 29.5. The minimum Gasteiger partial charge on any atom is -0.456 e. The first kappa shape index (κ1) is 51.7. The molecular weight excluding hydrogens is 1020 g/mol. The van der Waals surface area contributed by atoms with Crippen LogP contribution in [0.3, 0.4) is 0 Å². The van der Waals surface area contributed by atoms with Crippen LogP contribution in [0.25, 0.3) is 55.0 Å². The average Bonchev–Trinajstić information content (AvgIpc) is 1.13. The van der Waals surface area contributed by atoms with E-state index in [1.54, 1.807) is 0 Å². The quantitative estimate of drug-likeness (QED) is 0.164. The molecule has 0 spiro atoms. The molecule has 11 aromatic rings. The van der Waals surface area contributed by atoms with Crippen molar-refractivity contribution in [1.82, 2.24) is 0 Å². The molecule has 84 heavy (non-hydrogen) atoms. The number of hydrogen-bond donors (Lipinski definition) is 0. The molecule has 5 heterocycles. The first-order valence-electron chi connectivity index (χ1n) is 31.1. The molecule has 16 rings (SSSR count). The summed E-state index contributed by atoms with van der Waals surface area (Å²) >= 11 is 0. The fraction of sp³-hybridized carbons (Fsp3) is 0.308. The van der Waals surface area contributed by atoms with Gasteiger partial charge in [0.2, 0.25) is 0 Å². The molecule has 6 heteroatoms. The van der Waals surface area contributed by atoms with E-state index in [9.17, 15) is 0 Å². The fourth-order valence-electron chi connectivity index (χ4n) is 16.5. The van der Waals surface area contributed by atoms with Crippen molar-refractivity contribution in [2.45, 2.75) is 154 Å². The Kier molecular flexibility index (Phi) is 10.7. The summed E-state index contributed by atoms with van der Waals surface area (Å²) in [4.78, 5) is 8.17. The molecule has 3 aliphatic heterocycles. The van der Waals surface area contributed by atoms with E-state index in [1.165, 1.54) is 102 Å². The van der Waals surface area contributed by atoms with E-state index in [1.807, 2.05) is 0 Å². The van der Waals surface area contributed by atoms with Crippen LogP contribution >= 0.6 is 0 Å². The molecule has 1 fully saturated rings. The van der Waals surface area contributed by atoms with E-state index < -0.39 is 0 Å². The predicted molar refractivity (Wildman–Crippen MR) is 356 cm³/mol. The van der Waals surface area contributed by atoms with Gasteiger partial charge in [-0.1, -0.05) is 192 Å². The Morgan fingerprint density at radius 2 is 0.988 bits per heavy atom. The lowest BCUT2D eigenvalue weighted by atomic mass is 9.33. The third-order valence-electron chi connectivity index (χ3n) is 21.6. The Morgan fingerprint density at radius 3 is 1.69 bits per heavy atom. The minimum atomic E-state index is -0.224. The summed E-state index contributed by atoms with van der Waals surface area (Å²) in [6, 6.07) is 65.5. The maximum Gasteiger partial charge on any atom is 0.252 e. The summed E-state index contributed by atoms with van der Waals surface area (Å²) in [5, 5.41) is 4.50. The minimum absolute atomic E-state index is 0.00203. The van der Waals surface area contributed by atoms with Gasteiger partial charge in [-0.2, -0.15) is 0 Å². The summed E-state index contributed by atoms with van der Waals surface area (Å²) in [7, 11) is 0. The molecule has 5 aliphatic rings. The molecular formula is C78H76BN3O2. The Hall–Kier alpha value is -7.96. The Labute approximate surface area is 496 Å². The molecule has 2 aliphatic carbocycles. The Bertz CT molecular complexity index is 4600. The van der Waals surface area contributed by atoms with Gasteiger partial charge in [0, 0.05) is 66.6 Å². The van der Waals surface area contributed by atoms with Crippen molar-refractivity contribution in [1.29, 1.82) is 0 Å². The van der Waals surface area contributed by atoms with Gasteiger partial charge >= 0.3 is 0 Å². The highest BCUT2D eigenvalue weighted by Crippen LogP contribution is 2.63. The van der Waals surface area contributed by atoms with E-state index in [0.717, 1.165) is 80.9 Å². The molecule has 0 N–H and O–H groups in total. The van der Waals surface area contributed by atoms with Crippen LogP contribution in [0.4, 0.5) is 45.5 Å². The number of hydrogen-bond acceptors (Lipinski definition) is 5. The van der Waals surface area contributed by atoms with E-state index >= 15 is 0 Å². The molecule has 2 atom stereocenters. The highest BCUT2D eigenvalue weighted by atomic mass is 16.3. The van der Waals surface area contributed by atoms with Crippen molar-refractivity contribution in [2.24, 2.45) is 0 Å². The molecule has 9 aromatic carbocycles. The van der Waals surface area contributed by atoms with Crippen LogP contribution in [0.2, 0.25) is 0 Å². The molecule has 2 aromatic heterocycles. The van der Waals surface area contributed by atoms with Crippen molar-refractivity contribution in [2.75, 3.05) is 14.7 Å². The largest absolute Gasteiger partial charge is 0.456 e. The van der Waals surface area contributed by atoms with Gasteiger partial charge in [0.25, 0.3) is 6.71 Å². The normalized spacial score (nSPS) is 20.3. The smallest absolute Gasteiger partial charge is 0.252 e. The number of nitrogens with zero attached hydrogens (tertiary/aromatic N) is 3. The van der Waals surface area contributed by atoms with Gasteiger partial charge in [-0.3, -0.25) is 0 Å². The average molecular weight is 1100 g/mol. The zero-order valence-corrected chi connectivity index (χ0v) is 51.1. The van der Waals surface area contributed by atoms with Gasteiger partial charge < -0.3 is 23.5 Å². The van der Waals surface area contributed by atoms with Crippen molar-refractivity contribution < 1.29 is 8.83 Å². The predicted octanol–water partition coefficient (Wildman–Crippen LogP) is 19.9. The summed E-state index contributed by atoms with van der Waals surface area (Å²) in [6.45, 7) is 29.1. The van der Waals surface area contributed by atoms with Crippen LogP contribution in [0, 0.1) is 0 Å². The number of para-hydroxylation sites is 3. The number of fused-ring (bicyclic) bond motifs is 14. The second kappa shape index (κ2) is 17.3. The van der Waals surface area contributed by atoms with Crippen molar-refractivity contribution in [3.63, 3.8) is 0 Å². The summed E-state index contributed by atoms with van der Waals surface area (Å²) < 4.78 is 14.2. The van der Waals surface area contributed by atoms with Crippen molar-refractivity contribution in [3.05, 3.63) is 198 Å². The highest BCUT2D eigenvalue weighted by Gasteiger charge is 2.59. The first-order chi connectivity index (χ1) is 40.1. The Balaban J connectivity index is 1.10. The molecule has 2 unspecified atom stereocenters. The first-order valence-corrected chi connectivity index (χ1v) is 31.1. The monoisotopic (exact) mass is 1100 g/mol.